The summed E-state index contributed by atoms with van der Waals surface area (Å²) in [5.74, 6) is -2.70. The number of halogens is 2. The molecule has 110 valence electrons. The van der Waals surface area contributed by atoms with E-state index in [9.17, 15) is 17.8 Å². The largest absolute Gasteiger partial charge is 0.399 e. The van der Waals surface area contributed by atoms with Gasteiger partial charge in [0.2, 0.25) is 5.91 Å². The van der Waals surface area contributed by atoms with Crippen LogP contribution in [0.15, 0.2) is 17.0 Å². The van der Waals surface area contributed by atoms with Gasteiger partial charge in [-0.05, 0) is 31.4 Å². The Morgan fingerprint density at radius 1 is 1.20 bits per heavy atom. The molecular weight excluding hydrogens is 286 g/mol. The van der Waals surface area contributed by atoms with Gasteiger partial charge in [0, 0.05) is 18.8 Å². The van der Waals surface area contributed by atoms with E-state index in [1.54, 1.807) is 4.90 Å². The Bertz CT molecular complexity index is 522. The average molecular weight is 302 g/mol. The minimum absolute atomic E-state index is 0.0805. The summed E-state index contributed by atoms with van der Waals surface area (Å²) in [7, 11) is -2.04. The summed E-state index contributed by atoms with van der Waals surface area (Å²) in [6, 6.07) is 1.81. The number of benzene rings is 1. The topological polar surface area (TPSA) is 63.4 Å². The molecule has 7 heteroatoms. The van der Waals surface area contributed by atoms with Crippen molar-refractivity contribution in [2.45, 2.75) is 24.2 Å². The fraction of sp³-hybridized carbons (Fsp3) is 0.462. The second-order valence-electron chi connectivity index (χ2n) is 4.74. The lowest BCUT2D eigenvalue weighted by Gasteiger charge is -2.26. The van der Waals surface area contributed by atoms with E-state index >= 15 is 0 Å². The van der Waals surface area contributed by atoms with Crippen LogP contribution in [0.25, 0.3) is 0 Å². The summed E-state index contributed by atoms with van der Waals surface area (Å²) in [5.41, 5.74) is 5.21. The van der Waals surface area contributed by atoms with Gasteiger partial charge >= 0.3 is 0 Å². The van der Waals surface area contributed by atoms with Crippen molar-refractivity contribution >= 4 is 22.4 Å². The standard InChI is InChI=1S/C13H16F2N2O2S/c14-10-6-9(16)7-11(15)13(10)20(19)8-12(18)17-4-2-1-3-5-17/h6-7H,1-5,8,16H2. The van der Waals surface area contributed by atoms with E-state index in [0.717, 1.165) is 31.4 Å². The minimum Gasteiger partial charge on any atom is -0.399 e. The maximum Gasteiger partial charge on any atom is 0.235 e. The fourth-order valence-corrected chi connectivity index (χ4v) is 3.32. The van der Waals surface area contributed by atoms with Crippen LogP contribution in [-0.4, -0.2) is 33.9 Å². The van der Waals surface area contributed by atoms with Gasteiger partial charge in [-0.1, -0.05) is 0 Å². The summed E-state index contributed by atoms with van der Waals surface area (Å²) in [4.78, 5) is 12.9. The lowest BCUT2D eigenvalue weighted by atomic mass is 10.1. The number of anilines is 1. The number of amides is 1. The van der Waals surface area contributed by atoms with Gasteiger partial charge in [-0.3, -0.25) is 9.00 Å². The number of hydrogen-bond acceptors (Lipinski definition) is 3. The van der Waals surface area contributed by atoms with Gasteiger partial charge in [0.05, 0.1) is 10.8 Å². The molecule has 1 saturated heterocycles. The SMILES string of the molecule is Nc1cc(F)c(S(=O)CC(=O)N2CCCCC2)c(F)c1. The first kappa shape index (κ1) is 14.9. The molecule has 0 bridgehead atoms. The van der Waals surface area contributed by atoms with Crippen LogP contribution >= 0.6 is 0 Å². The third-order valence-electron chi connectivity index (χ3n) is 3.21. The average Bonchev–Trinajstić information content (AvgIpc) is 2.38. The number of likely N-dealkylation sites (tertiary alicyclic amines) is 1. The normalized spacial score (nSPS) is 17.0. The van der Waals surface area contributed by atoms with Crippen LogP contribution in [0.4, 0.5) is 14.5 Å². The molecule has 2 rings (SSSR count). The van der Waals surface area contributed by atoms with Crippen molar-refractivity contribution in [1.29, 1.82) is 0 Å². The van der Waals surface area contributed by atoms with Crippen LogP contribution in [0.2, 0.25) is 0 Å². The van der Waals surface area contributed by atoms with Crippen molar-refractivity contribution in [3.8, 4) is 0 Å². The van der Waals surface area contributed by atoms with E-state index < -0.39 is 33.1 Å². The number of piperidine rings is 1. The first-order valence-corrected chi connectivity index (χ1v) is 7.71. The number of nitrogens with two attached hydrogens (primary N) is 1. The summed E-state index contributed by atoms with van der Waals surface area (Å²) >= 11 is 0. The quantitative estimate of drug-likeness (QED) is 0.864. The zero-order chi connectivity index (χ0) is 14.7. The van der Waals surface area contributed by atoms with E-state index in [1.165, 1.54) is 0 Å². The summed E-state index contributed by atoms with van der Waals surface area (Å²) in [5, 5.41) is 0. The Labute approximate surface area is 118 Å². The molecule has 1 aromatic rings. The second-order valence-corrected chi connectivity index (χ2v) is 6.13. The number of nitrogens with zero attached hydrogens (tertiary/aromatic N) is 1. The van der Waals surface area contributed by atoms with Crippen LogP contribution in [0.3, 0.4) is 0 Å². The zero-order valence-corrected chi connectivity index (χ0v) is 11.7. The van der Waals surface area contributed by atoms with Crippen molar-refractivity contribution < 1.29 is 17.8 Å². The van der Waals surface area contributed by atoms with Gasteiger partial charge < -0.3 is 10.6 Å². The number of nitrogen functional groups attached to an aromatic ring is 1. The molecule has 2 N–H and O–H groups in total. The van der Waals surface area contributed by atoms with Gasteiger partial charge in [-0.15, -0.1) is 0 Å². The predicted octanol–water partition coefficient (Wildman–Crippen LogP) is 1.67. The molecule has 4 nitrogen and oxygen atoms in total. The van der Waals surface area contributed by atoms with E-state index in [4.69, 9.17) is 5.73 Å². The molecule has 20 heavy (non-hydrogen) atoms. The summed E-state index contributed by atoms with van der Waals surface area (Å²) < 4.78 is 39.2. The van der Waals surface area contributed by atoms with E-state index in [2.05, 4.69) is 0 Å². The van der Waals surface area contributed by atoms with Gasteiger partial charge in [-0.2, -0.15) is 0 Å². The van der Waals surface area contributed by atoms with Crippen LogP contribution in [0, 0.1) is 11.6 Å². The molecule has 1 fully saturated rings. The molecule has 1 atom stereocenters. The summed E-state index contributed by atoms with van der Waals surface area (Å²) in [6.07, 6.45) is 2.88. The number of hydrogen-bond donors (Lipinski definition) is 1. The molecule has 0 spiro atoms. The van der Waals surface area contributed by atoms with Crippen LogP contribution < -0.4 is 5.73 Å². The van der Waals surface area contributed by atoms with Crippen molar-refractivity contribution in [3.63, 3.8) is 0 Å². The molecule has 1 aliphatic rings. The highest BCUT2D eigenvalue weighted by Gasteiger charge is 2.23. The predicted molar refractivity (Wildman–Crippen MR) is 72.5 cm³/mol. The number of carbonyl (C=O) groups is 1. The van der Waals surface area contributed by atoms with E-state index in [-0.39, 0.29) is 11.6 Å². The molecule has 1 unspecified atom stereocenters. The lowest BCUT2D eigenvalue weighted by Crippen LogP contribution is -2.38. The molecule has 0 aliphatic carbocycles. The van der Waals surface area contributed by atoms with Crippen molar-refractivity contribution in [2.24, 2.45) is 0 Å². The van der Waals surface area contributed by atoms with Crippen LogP contribution in [-0.2, 0) is 15.6 Å². The Morgan fingerprint density at radius 2 is 1.75 bits per heavy atom. The minimum atomic E-state index is -2.04. The van der Waals surface area contributed by atoms with Gasteiger partial charge in [-0.25, -0.2) is 8.78 Å². The third kappa shape index (κ3) is 3.33. The van der Waals surface area contributed by atoms with Crippen molar-refractivity contribution in [2.75, 3.05) is 24.6 Å². The first-order valence-electron chi connectivity index (χ1n) is 6.39. The monoisotopic (exact) mass is 302 g/mol. The Morgan fingerprint density at radius 3 is 2.30 bits per heavy atom. The van der Waals surface area contributed by atoms with Gasteiger partial charge in [0.25, 0.3) is 0 Å². The van der Waals surface area contributed by atoms with Gasteiger partial charge in [0.15, 0.2) is 0 Å². The molecule has 0 saturated carbocycles. The fourth-order valence-electron chi connectivity index (χ4n) is 2.22. The van der Waals surface area contributed by atoms with Crippen LogP contribution in [0.1, 0.15) is 19.3 Å². The van der Waals surface area contributed by atoms with Crippen LogP contribution in [0.5, 0.6) is 0 Å². The molecule has 1 heterocycles. The summed E-state index contributed by atoms with van der Waals surface area (Å²) in [6.45, 7) is 1.23. The highest BCUT2D eigenvalue weighted by atomic mass is 32.2. The number of carbonyl (C=O) groups excluding carboxylic acids is 1. The molecule has 1 aliphatic heterocycles. The van der Waals surface area contributed by atoms with Crippen molar-refractivity contribution in [1.82, 2.24) is 4.90 Å². The smallest absolute Gasteiger partial charge is 0.235 e. The Kier molecular flexibility index (Phi) is 4.69. The van der Waals surface area contributed by atoms with Crippen molar-refractivity contribution in [3.05, 3.63) is 23.8 Å². The highest BCUT2D eigenvalue weighted by Crippen LogP contribution is 2.21. The molecule has 0 aromatic heterocycles. The molecule has 1 aromatic carbocycles. The van der Waals surface area contributed by atoms with Gasteiger partial charge in [0.1, 0.15) is 22.3 Å². The molecule has 0 radical (unpaired) electrons. The molecular formula is C13H16F2N2O2S. The maximum absolute atomic E-state index is 13.6. The van der Waals surface area contributed by atoms with E-state index in [0.29, 0.717) is 13.1 Å². The number of rotatable bonds is 3. The maximum atomic E-state index is 13.6. The third-order valence-corrected chi connectivity index (χ3v) is 4.57. The second kappa shape index (κ2) is 6.30. The Balaban J connectivity index is 2.10. The van der Waals surface area contributed by atoms with E-state index in [1.807, 2.05) is 0 Å². The highest BCUT2D eigenvalue weighted by molar-refractivity contribution is 7.85. The first-order chi connectivity index (χ1) is 9.49. The molecule has 1 amide bonds. The zero-order valence-electron chi connectivity index (χ0n) is 10.9. The Hall–Kier alpha value is -1.50. The lowest BCUT2D eigenvalue weighted by molar-refractivity contribution is -0.129.